The van der Waals surface area contributed by atoms with Crippen LogP contribution in [0.2, 0.25) is 0 Å². The summed E-state index contributed by atoms with van der Waals surface area (Å²) < 4.78 is 5.46. The highest BCUT2D eigenvalue weighted by atomic mass is 16.5. The molecule has 0 spiro atoms. The van der Waals surface area contributed by atoms with E-state index in [1.165, 1.54) is 6.42 Å². The van der Waals surface area contributed by atoms with E-state index in [0.717, 1.165) is 52.0 Å². The van der Waals surface area contributed by atoms with Crippen LogP contribution in [0.4, 0.5) is 0 Å². The predicted octanol–water partition coefficient (Wildman–Crippen LogP) is 2.09. The second-order valence-electron chi connectivity index (χ2n) is 4.64. The number of hydrogen-bond donors (Lipinski definition) is 2. The van der Waals surface area contributed by atoms with Crippen molar-refractivity contribution in [2.24, 2.45) is 0 Å². The summed E-state index contributed by atoms with van der Waals surface area (Å²) in [5.41, 5.74) is 0. The molecule has 108 valence electrons. The lowest BCUT2D eigenvalue weighted by Gasteiger charge is -2.13. The van der Waals surface area contributed by atoms with Crippen LogP contribution in [0.5, 0.6) is 0 Å². The van der Waals surface area contributed by atoms with Gasteiger partial charge in [0.15, 0.2) is 0 Å². The summed E-state index contributed by atoms with van der Waals surface area (Å²) in [7, 11) is 0. The van der Waals surface area contributed by atoms with E-state index in [9.17, 15) is 4.79 Å². The molecule has 2 N–H and O–H groups in total. The number of amides is 1. The third kappa shape index (κ3) is 10.5. The van der Waals surface area contributed by atoms with Crippen molar-refractivity contribution in [3.05, 3.63) is 0 Å². The van der Waals surface area contributed by atoms with Crippen LogP contribution in [0.3, 0.4) is 0 Å². The van der Waals surface area contributed by atoms with E-state index < -0.39 is 0 Å². The maximum Gasteiger partial charge on any atom is 0.236 e. The number of rotatable bonds is 12. The number of carbonyl (C=O) groups is 1. The average Bonchev–Trinajstić information content (AvgIpc) is 2.37. The Morgan fingerprint density at radius 2 is 1.72 bits per heavy atom. The fraction of sp³-hybridized carbons (Fsp3) is 0.929. The Hall–Kier alpha value is -0.610. The minimum atomic E-state index is -0.113. The van der Waals surface area contributed by atoms with Gasteiger partial charge in [-0.25, -0.2) is 0 Å². The smallest absolute Gasteiger partial charge is 0.236 e. The van der Waals surface area contributed by atoms with Gasteiger partial charge in [-0.3, -0.25) is 4.79 Å². The second-order valence-corrected chi connectivity index (χ2v) is 4.64. The first-order valence-corrected chi connectivity index (χ1v) is 7.31. The van der Waals surface area contributed by atoms with Crippen molar-refractivity contribution >= 4 is 5.91 Å². The van der Waals surface area contributed by atoms with Gasteiger partial charge in [-0.2, -0.15) is 0 Å². The minimum absolute atomic E-state index is 0.0929. The predicted molar refractivity (Wildman–Crippen MR) is 75.7 cm³/mol. The molecule has 0 aliphatic rings. The largest absolute Gasteiger partial charge is 0.381 e. The molecule has 0 aliphatic heterocycles. The molecule has 18 heavy (non-hydrogen) atoms. The molecule has 0 heterocycles. The molecule has 0 aromatic carbocycles. The van der Waals surface area contributed by atoms with Crippen molar-refractivity contribution in [1.29, 1.82) is 0 Å². The summed E-state index contributed by atoms with van der Waals surface area (Å²) in [6.45, 7) is 9.41. The topological polar surface area (TPSA) is 50.4 Å². The van der Waals surface area contributed by atoms with Gasteiger partial charge in [0.05, 0.1) is 6.04 Å². The maximum absolute atomic E-state index is 11.6. The Labute approximate surface area is 112 Å². The SMILES string of the molecule is CCCCNC(=O)C(C)NCCCOCCCC. The standard InChI is InChI=1S/C14H30N2O2/c1-4-6-9-16-14(17)13(3)15-10-8-12-18-11-7-5-2/h13,15H,4-12H2,1-3H3,(H,16,17). The van der Waals surface area contributed by atoms with Crippen molar-refractivity contribution < 1.29 is 9.53 Å². The summed E-state index contributed by atoms with van der Waals surface area (Å²) in [6.07, 6.45) is 5.41. The van der Waals surface area contributed by atoms with Crippen LogP contribution in [-0.4, -0.2) is 38.3 Å². The maximum atomic E-state index is 11.6. The van der Waals surface area contributed by atoms with Crippen molar-refractivity contribution in [2.75, 3.05) is 26.3 Å². The van der Waals surface area contributed by atoms with Crippen molar-refractivity contribution in [1.82, 2.24) is 10.6 Å². The molecular weight excluding hydrogens is 228 g/mol. The van der Waals surface area contributed by atoms with Gasteiger partial charge in [-0.1, -0.05) is 26.7 Å². The molecule has 1 amide bonds. The van der Waals surface area contributed by atoms with E-state index in [1.54, 1.807) is 0 Å². The Balaban J connectivity index is 3.34. The highest BCUT2D eigenvalue weighted by Crippen LogP contribution is 1.90. The van der Waals surface area contributed by atoms with Crippen LogP contribution in [-0.2, 0) is 9.53 Å². The van der Waals surface area contributed by atoms with Crippen LogP contribution < -0.4 is 10.6 Å². The van der Waals surface area contributed by atoms with Crippen LogP contribution in [0.15, 0.2) is 0 Å². The van der Waals surface area contributed by atoms with Gasteiger partial charge in [-0.05, 0) is 32.7 Å². The first kappa shape index (κ1) is 17.4. The highest BCUT2D eigenvalue weighted by molar-refractivity contribution is 5.81. The van der Waals surface area contributed by atoms with Crippen LogP contribution >= 0.6 is 0 Å². The highest BCUT2D eigenvalue weighted by Gasteiger charge is 2.10. The van der Waals surface area contributed by atoms with Gasteiger partial charge in [-0.15, -0.1) is 0 Å². The Bertz CT molecular complexity index is 198. The first-order valence-electron chi connectivity index (χ1n) is 7.31. The fourth-order valence-electron chi connectivity index (χ4n) is 1.48. The summed E-state index contributed by atoms with van der Waals surface area (Å²) >= 11 is 0. The van der Waals surface area contributed by atoms with Gasteiger partial charge in [0.2, 0.25) is 5.91 Å². The molecule has 4 nitrogen and oxygen atoms in total. The van der Waals surface area contributed by atoms with E-state index in [0.29, 0.717) is 0 Å². The number of unbranched alkanes of at least 4 members (excludes halogenated alkanes) is 2. The van der Waals surface area contributed by atoms with E-state index in [2.05, 4.69) is 24.5 Å². The molecule has 0 radical (unpaired) electrons. The third-order valence-corrected chi connectivity index (χ3v) is 2.78. The van der Waals surface area contributed by atoms with Gasteiger partial charge in [0, 0.05) is 19.8 Å². The summed E-state index contributed by atoms with van der Waals surface area (Å²) in [4.78, 5) is 11.6. The Morgan fingerprint density at radius 3 is 2.39 bits per heavy atom. The molecule has 0 saturated heterocycles. The van der Waals surface area contributed by atoms with E-state index >= 15 is 0 Å². The van der Waals surface area contributed by atoms with Crippen molar-refractivity contribution in [3.63, 3.8) is 0 Å². The number of ether oxygens (including phenoxy) is 1. The Morgan fingerprint density at radius 1 is 1.06 bits per heavy atom. The lowest BCUT2D eigenvalue weighted by Crippen LogP contribution is -2.42. The molecule has 1 atom stereocenters. The first-order chi connectivity index (χ1) is 8.72. The Kier molecular flexibility index (Phi) is 12.4. The monoisotopic (exact) mass is 258 g/mol. The van der Waals surface area contributed by atoms with Crippen LogP contribution in [0.1, 0.15) is 52.9 Å². The number of hydrogen-bond acceptors (Lipinski definition) is 3. The normalized spacial score (nSPS) is 12.4. The van der Waals surface area contributed by atoms with Gasteiger partial charge in [0.1, 0.15) is 0 Å². The number of nitrogens with one attached hydrogen (secondary N) is 2. The molecular formula is C14H30N2O2. The quantitative estimate of drug-likeness (QED) is 0.527. The van der Waals surface area contributed by atoms with Crippen molar-refractivity contribution in [2.45, 2.75) is 58.9 Å². The second kappa shape index (κ2) is 12.8. The van der Waals surface area contributed by atoms with Crippen LogP contribution in [0.25, 0.3) is 0 Å². The minimum Gasteiger partial charge on any atom is -0.381 e. The molecule has 0 saturated carbocycles. The van der Waals surface area contributed by atoms with Gasteiger partial charge >= 0.3 is 0 Å². The lowest BCUT2D eigenvalue weighted by atomic mass is 10.3. The third-order valence-electron chi connectivity index (χ3n) is 2.78. The summed E-state index contributed by atoms with van der Waals surface area (Å²) in [6, 6.07) is -0.113. The van der Waals surface area contributed by atoms with E-state index in [1.807, 2.05) is 6.92 Å². The fourth-order valence-corrected chi connectivity index (χ4v) is 1.48. The van der Waals surface area contributed by atoms with Gasteiger partial charge < -0.3 is 15.4 Å². The zero-order valence-corrected chi connectivity index (χ0v) is 12.3. The number of carbonyl (C=O) groups excluding carboxylic acids is 1. The summed E-state index contributed by atoms with van der Waals surface area (Å²) in [5.74, 6) is 0.0929. The average molecular weight is 258 g/mol. The van der Waals surface area contributed by atoms with Gasteiger partial charge in [0.25, 0.3) is 0 Å². The molecule has 4 heteroatoms. The van der Waals surface area contributed by atoms with E-state index in [-0.39, 0.29) is 11.9 Å². The molecule has 1 unspecified atom stereocenters. The van der Waals surface area contributed by atoms with Crippen molar-refractivity contribution in [3.8, 4) is 0 Å². The summed E-state index contributed by atoms with van der Waals surface area (Å²) in [5, 5.41) is 6.13. The molecule has 0 rings (SSSR count). The molecule has 0 bridgehead atoms. The molecule has 0 aliphatic carbocycles. The van der Waals surface area contributed by atoms with E-state index in [4.69, 9.17) is 4.74 Å². The molecule has 0 aromatic heterocycles. The molecule has 0 aromatic rings. The lowest BCUT2D eigenvalue weighted by molar-refractivity contribution is -0.122. The van der Waals surface area contributed by atoms with Crippen LogP contribution in [0, 0.1) is 0 Å². The zero-order chi connectivity index (χ0) is 13.6. The zero-order valence-electron chi connectivity index (χ0n) is 12.3. The molecule has 0 fully saturated rings.